The van der Waals surface area contributed by atoms with Crippen LogP contribution in [0.3, 0.4) is 0 Å². The van der Waals surface area contributed by atoms with Gasteiger partial charge in [-0.15, -0.1) is 24.0 Å². The van der Waals surface area contributed by atoms with Crippen molar-refractivity contribution < 1.29 is 0 Å². The van der Waals surface area contributed by atoms with E-state index in [-0.39, 0.29) is 24.0 Å². The molecule has 1 aromatic heterocycles. The van der Waals surface area contributed by atoms with E-state index in [1.165, 1.54) is 5.56 Å². The minimum atomic E-state index is 0. The Hall–Kier alpha value is -1.63. The number of nitrogens with one attached hydrogen (secondary N) is 1. The van der Waals surface area contributed by atoms with Crippen LogP contribution in [0.15, 0.2) is 59.7 Å². The van der Waals surface area contributed by atoms with Gasteiger partial charge in [0.05, 0.1) is 0 Å². The number of hydrogen-bond donors (Lipinski definition) is 2. The molecule has 0 saturated carbocycles. The van der Waals surface area contributed by atoms with E-state index in [0.29, 0.717) is 18.4 Å². The lowest BCUT2D eigenvalue weighted by Gasteiger charge is -2.10. The van der Waals surface area contributed by atoms with Crippen LogP contribution in [0.1, 0.15) is 24.1 Å². The second kappa shape index (κ2) is 10.2. The van der Waals surface area contributed by atoms with E-state index in [1.54, 1.807) is 6.20 Å². The van der Waals surface area contributed by atoms with Gasteiger partial charge in [0.15, 0.2) is 5.96 Å². The van der Waals surface area contributed by atoms with E-state index in [4.69, 9.17) is 5.73 Å². The monoisotopic (exact) mass is 410 g/mol. The number of aliphatic imine (C=N–C) groups is 1. The molecule has 0 fully saturated rings. The predicted molar refractivity (Wildman–Crippen MR) is 103 cm³/mol. The Bertz CT molecular complexity index is 557. The third kappa shape index (κ3) is 6.43. The van der Waals surface area contributed by atoms with E-state index in [1.807, 2.05) is 36.4 Å². The number of pyridine rings is 1. The molecule has 22 heavy (non-hydrogen) atoms. The number of benzene rings is 1. The molecule has 5 heteroatoms. The zero-order valence-corrected chi connectivity index (χ0v) is 15.1. The summed E-state index contributed by atoms with van der Waals surface area (Å²) in [6.07, 6.45) is 2.64. The third-order valence-electron chi connectivity index (χ3n) is 3.32. The molecule has 0 bridgehead atoms. The van der Waals surface area contributed by atoms with Crippen LogP contribution in [-0.2, 0) is 6.42 Å². The van der Waals surface area contributed by atoms with Crippen molar-refractivity contribution in [2.24, 2.45) is 10.7 Å². The molecule has 2 aromatic rings. The summed E-state index contributed by atoms with van der Waals surface area (Å²) in [7, 11) is 0. The zero-order chi connectivity index (χ0) is 14.9. The van der Waals surface area contributed by atoms with Gasteiger partial charge in [-0.05, 0) is 17.7 Å². The molecule has 2 rings (SSSR count). The Morgan fingerprint density at radius 2 is 1.91 bits per heavy atom. The Morgan fingerprint density at radius 3 is 2.59 bits per heavy atom. The normalized spacial score (nSPS) is 12.3. The quantitative estimate of drug-likeness (QED) is 0.437. The van der Waals surface area contributed by atoms with Gasteiger partial charge in [0.2, 0.25) is 0 Å². The topological polar surface area (TPSA) is 63.3 Å². The number of hydrogen-bond acceptors (Lipinski definition) is 2. The summed E-state index contributed by atoms with van der Waals surface area (Å²) >= 11 is 0. The maximum absolute atomic E-state index is 5.88. The number of nitrogens with zero attached hydrogens (tertiary/aromatic N) is 2. The first-order chi connectivity index (χ1) is 10.3. The van der Waals surface area contributed by atoms with Gasteiger partial charge in [0, 0.05) is 37.3 Å². The van der Waals surface area contributed by atoms with E-state index >= 15 is 0 Å². The molecule has 1 heterocycles. The van der Waals surface area contributed by atoms with Crippen LogP contribution >= 0.6 is 24.0 Å². The van der Waals surface area contributed by atoms with E-state index < -0.39 is 0 Å². The summed E-state index contributed by atoms with van der Waals surface area (Å²) < 4.78 is 0. The summed E-state index contributed by atoms with van der Waals surface area (Å²) in [4.78, 5) is 8.66. The molecule has 4 nitrogen and oxygen atoms in total. The molecule has 1 unspecified atom stereocenters. The lowest BCUT2D eigenvalue weighted by Crippen LogP contribution is -2.33. The lowest BCUT2D eigenvalue weighted by atomic mass is 10.0. The van der Waals surface area contributed by atoms with Crippen molar-refractivity contribution in [1.82, 2.24) is 10.3 Å². The van der Waals surface area contributed by atoms with Crippen molar-refractivity contribution >= 4 is 29.9 Å². The molecular formula is C17H23IN4. The maximum Gasteiger partial charge on any atom is 0.188 e. The smallest absolute Gasteiger partial charge is 0.188 e. The number of nitrogens with two attached hydrogens (primary N) is 1. The lowest BCUT2D eigenvalue weighted by molar-refractivity contribution is 0.760. The minimum absolute atomic E-state index is 0. The van der Waals surface area contributed by atoms with Crippen molar-refractivity contribution in [3.8, 4) is 0 Å². The van der Waals surface area contributed by atoms with Gasteiger partial charge in [-0.25, -0.2) is 0 Å². The van der Waals surface area contributed by atoms with Gasteiger partial charge < -0.3 is 11.1 Å². The molecule has 0 saturated heterocycles. The highest BCUT2D eigenvalue weighted by atomic mass is 127. The fourth-order valence-electron chi connectivity index (χ4n) is 2.04. The van der Waals surface area contributed by atoms with Gasteiger partial charge in [-0.2, -0.15) is 0 Å². The van der Waals surface area contributed by atoms with Crippen LogP contribution in [0.5, 0.6) is 0 Å². The Morgan fingerprint density at radius 1 is 1.18 bits per heavy atom. The summed E-state index contributed by atoms with van der Waals surface area (Å²) in [6.45, 7) is 3.58. The second-order valence-corrected chi connectivity index (χ2v) is 5.04. The third-order valence-corrected chi connectivity index (χ3v) is 3.32. The fraction of sp³-hybridized carbons (Fsp3) is 0.294. The predicted octanol–water partition coefficient (Wildman–Crippen LogP) is 2.95. The van der Waals surface area contributed by atoms with Crippen molar-refractivity contribution in [2.45, 2.75) is 19.3 Å². The molecule has 0 spiro atoms. The highest BCUT2D eigenvalue weighted by molar-refractivity contribution is 14.0. The molecule has 0 aliphatic carbocycles. The molecule has 0 aliphatic rings. The number of halogens is 1. The van der Waals surface area contributed by atoms with Gasteiger partial charge in [0.1, 0.15) is 0 Å². The number of guanidine groups is 1. The summed E-state index contributed by atoms with van der Waals surface area (Å²) in [5, 5.41) is 3.13. The number of aromatic nitrogens is 1. The van der Waals surface area contributed by atoms with E-state index in [2.05, 4.69) is 34.3 Å². The van der Waals surface area contributed by atoms with Gasteiger partial charge in [0.25, 0.3) is 0 Å². The fourth-order valence-corrected chi connectivity index (χ4v) is 2.04. The molecule has 1 aromatic carbocycles. The van der Waals surface area contributed by atoms with Crippen LogP contribution < -0.4 is 11.1 Å². The standard InChI is InChI=1S/C17H22N4.HI/c1-14(15-7-3-2-4-8-15)13-21-17(18)20-12-10-16-9-5-6-11-19-16;/h2-9,11,14H,10,12-13H2,1H3,(H3,18,20,21);1H. The summed E-state index contributed by atoms with van der Waals surface area (Å²) in [5.74, 6) is 0.857. The SMILES string of the molecule is CC(CN=C(N)NCCc1ccccn1)c1ccccc1.I. The Balaban J connectivity index is 0.00000242. The average Bonchev–Trinajstić information content (AvgIpc) is 2.54. The van der Waals surface area contributed by atoms with Crippen LogP contribution in [0.25, 0.3) is 0 Å². The highest BCUT2D eigenvalue weighted by Gasteiger charge is 2.03. The highest BCUT2D eigenvalue weighted by Crippen LogP contribution is 2.14. The first-order valence-electron chi connectivity index (χ1n) is 7.24. The largest absolute Gasteiger partial charge is 0.370 e. The first kappa shape index (κ1) is 18.4. The van der Waals surface area contributed by atoms with Crippen molar-refractivity contribution in [2.75, 3.05) is 13.1 Å². The van der Waals surface area contributed by atoms with Crippen molar-refractivity contribution in [3.63, 3.8) is 0 Å². The minimum Gasteiger partial charge on any atom is -0.370 e. The average molecular weight is 410 g/mol. The second-order valence-electron chi connectivity index (χ2n) is 5.04. The molecule has 0 aliphatic heterocycles. The Kier molecular flexibility index (Phi) is 8.50. The number of rotatable bonds is 6. The zero-order valence-electron chi connectivity index (χ0n) is 12.8. The Labute approximate surface area is 149 Å². The molecule has 3 N–H and O–H groups in total. The van der Waals surface area contributed by atoms with Gasteiger partial charge >= 0.3 is 0 Å². The molecule has 0 amide bonds. The van der Waals surface area contributed by atoms with Crippen LogP contribution in [-0.4, -0.2) is 24.0 Å². The first-order valence-corrected chi connectivity index (χ1v) is 7.24. The summed E-state index contributed by atoms with van der Waals surface area (Å²) in [5.41, 5.74) is 8.21. The van der Waals surface area contributed by atoms with Gasteiger partial charge in [-0.3, -0.25) is 9.98 Å². The van der Waals surface area contributed by atoms with Gasteiger partial charge in [-0.1, -0.05) is 43.3 Å². The van der Waals surface area contributed by atoms with E-state index in [9.17, 15) is 0 Å². The molecular weight excluding hydrogens is 387 g/mol. The van der Waals surface area contributed by atoms with Crippen LogP contribution in [0.2, 0.25) is 0 Å². The summed E-state index contributed by atoms with van der Waals surface area (Å²) in [6, 6.07) is 16.3. The van der Waals surface area contributed by atoms with E-state index in [0.717, 1.165) is 18.7 Å². The van der Waals surface area contributed by atoms with Crippen molar-refractivity contribution in [3.05, 3.63) is 66.0 Å². The maximum atomic E-state index is 5.88. The molecule has 118 valence electrons. The molecule has 1 atom stereocenters. The van der Waals surface area contributed by atoms with Crippen LogP contribution in [0.4, 0.5) is 0 Å². The van der Waals surface area contributed by atoms with Crippen molar-refractivity contribution in [1.29, 1.82) is 0 Å². The molecule has 0 radical (unpaired) electrons. The van der Waals surface area contributed by atoms with Crippen LogP contribution in [0, 0.1) is 0 Å².